The molecule has 1 aromatic carbocycles. The van der Waals surface area contributed by atoms with E-state index in [1.807, 2.05) is 0 Å². The molecule has 1 amide bonds. The Morgan fingerprint density at radius 3 is 2.32 bits per heavy atom. The average Bonchev–Trinajstić information content (AvgIpc) is 2.56. The smallest absolute Gasteiger partial charge is 0.335 e. The summed E-state index contributed by atoms with van der Waals surface area (Å²) in [6.07, 6.45) is -7.61. The van der Waals surface area contributed by atoms with Gasteiger partial charge in [-0.05, 0) is 24.1 Å². The van der Waals surface area contributed by atoms with E-state index in [1.54, 1.807) is 24.3 Å². The fourth-order valence-corrected chi connectivity index (χ4v) is 2.40. The molecular formula is C16H21NO8. The van der Waals surface area contributed by atoms with Crippen LogP contribution in [0.3, 0.4) is 0 Å². The SMILES string of the molecule is CC(=O)NCCc1ccc(O[C@@H]2O[C@H](C(=O)O)[C@@H](O)[C@H](O)[C@H]2O)cc1. The van der Waals surface area contributed by atoms with Crippen molar-refractivity contribution in [2.75, 3.05) is 6.54 Å². The molecule has 0 bridgehead atoms. The number of nitrogens with one attached hydrogen (secondary N) is 1. The zero-order valence-electron chi connectivity index (χ0n) is 13.5. The molecule has 1 aliphatic heterocycles. The van der Waals surface area contributed by atoms with Gasteiger partial charge >= 0.3 is 5.97 Å². The molecule has 1 saturated heterocycles. The number of rotatable bonds is 6. The summed E-state index contributed by atoms with van der Waals surface area (Å²) >= 11 is 0. The first-order valence-corrected chi connectivity index (χ1v) is 7.72. The van der Waals surface area contributed by atoms with Crippen LogP contribution in [0, 0.1) is 0 Å². The van der Waals surface area contributed by atoms with Crippen molar-refractivity contribution in [2.24, 2.45) is 0 Å². The third-order valence-corrected chi connectivity index (χ3v) is 3.78. The Kier molecular flexibility index (Phi) is 6.32. The Morgan fingerprint density at radius 1 is 1.12 bits per heavy atom. The summed E-state index contributed by atoms with van der Waals surface area (Å²) in [5, 5.41) is 40.9. The highest BCUT2D eigenvalue weighted by Crippen LogP contribution is 2.24. The molecule has 1 aliphatic rings. The van der Waals surface area contributed by atoms with Crippen LogP contribution in [0.5, 0.6) is 5.75 Å². The quantitative estimate of drug-likeness (QED) is 0.420. The van der Waals surface area contributed by atoms with Crippen molar-refractivity contribution in [1.29, 1.82) is 0 Å². The molecule has 0 unspecified atom stereocenters. The van der Waals surface area contributed by atoms with E-state index in [-0.39, 0.29) is 5.91 Å². The van der Waals surface area contributed by atoms with Gasteiger partial charge < -0.3 is 35.2 Å². The second kappa shape index (κ2) is 8.26. The maximum absolute atomic E-state index is 11.0. The molecule has 138 valence electrons. The molecule has 0 radical (unpaired) electrons. The Balaban J connectivity index is 1.98. The molecule has 9 nitrogen and oxygen atoms in total. The molecule has 5 atom stereocenters. The van der Waals surface area contributed by atoms with Gasteiger partial charge in [0.05, 0.1) is 0 Å². The van der Waals surface area contributed by atoms with Crippen molar-refractivity contribution < 1.29 is 39.5 Å². The summed E-state index contributed by atoms with van der Waals surface area (Å²) in [5.41, 5.74) is 0.935. The number of hydrogen-bond acceptors (Lipinski definition) is 7. The predicted molar refractivity (Wildman–Crippen MR) is 83.8 cm³/mol. The molecule has 0 saturated carbocycles. The molecule has 25 heavy (non-hydrogen) atoms. The number of carbonyl (C=O) groups excluding carboxylic acids is 1. The number of benzene rings is 1. The molecule has 1 aromatic rings. The first-order valence-electron chi connectivity index (χ1n) is 7.72. The lowest BCUT2D eigenvalue weighted by Gasteiger charge is -2.38. The molecule has 0 aromatic heterocycles. The maximum Gasteiger partial charge on any atom is 0.335 e. The number of aliphatic hydroxyl groups is 3. The Bertz CT molecular complexity index is 605. The van der Waals surface area contributed by atoms with Gasteiger partial charge in [-0.15, -0.1) is 0 Å². The van der Waals surface area contributed by atoms with Gasteiger partial charge in [0.25, 0.3) is 0 Å². The van der Waals surface area contributed by atoms with E-state index in [4.69, 9.17) is 14.6 Å². The Hall–Kier alpha value is -2.20. The number of aliphatic carboxylic acids is 1. The summed E-state index contributed by atoms with van der Waals surface area (Å²) in [6.45, 7) is 1.92. The van der Waals surface area contributed by atoms with Crippen molar-refractivity contribution in [1.82, 2.24) is 5.32 Å². The molecule has 9 heteroatoms. The van der Waals surface area contributed by atoms with Crippen LogP contribution in [0.25, 0.3) is 0 Å². The van der Waals surface area contributed by atoms with Crippen LogP contribution in [0.1, 0.15) is 12.5 Å². The van der Waals surface area contributed by atoms with Crippen LogP contribution in [0.15, 0.2) is 24.3 Å². The zero-order valence-corrected chi connectivity index (χ0v) is 13.5. The topological polar surface area (TPSA) is 146 Å². The van der Waals surface area contributed by atoms with Crippen molar-refractivity contribution >= 4 is 11.9 Å². The number of aliphatic hydroxyl groups excluding tert-OH is 3. The Labute approximate surface area is 143 Å². The van der Waals surface area contributed by atoms with Crippen molar-refractivity contribution in [3.63, 3.8) is 0 Å². The first kappa shape index (κ1) is 19.1. The van der Waals surface area contributed by atoms with E-state index in [1.165, 1.54) is 6.92 Å². The summed E-state index contributed by atoms with van der Waals surface area (Å²) in [7, 11) is 0. The summed E-state index contributed by atoms with van der Waals surface area (Å²) in [4.78, 5) is 21.9. The predicted octanol–water partition coefficient (Wildman–Crippen LogP) is -1.36. The van der Waals surface area contributed by atoms with E-state index in [0.717, 1.165) is 5.56 Å². The van der Waals surface area contributed by atoms with E-state index in [2.05, 4.69) is 5.32 Å². The van der Waals surface area contributed by atoms with Gasteiger partial charge in [0, 0.05) is 13.5 Å². The normalized spacial score (nSPS) is 29.0. The lowest BCUT2D eigenvalue weighted by molar-refractivity contribution is -0.271. The summed E-state index contributed by atoms with van der Waals surface area (Å²) < 4.78 is 10.4. The average molecular weight is 355 g/mol. The van der Waals surface area contributed by atoms with Gasteiger partial charge in [-0.1, -0.05) is 12.1 Å². The number of carboxylic acid groups (broad SMARTS) is 1. The Morgan fingerprint density at radius 2 is 1.76 bits per heavy atom. The van der Waals surface area contributed by atoms with Gasteiger partial charge in [0.1, 0.15) is 24.1 Å². The minimum atomic E-state index is -1.76. The van der Waals surface area contributed by atoms with Crippen molar-refractivity contribution in [3.8, 4) is 5.75 Å². The molecule has 2 rings (SSSR count). The zero-order chi connectivity index (χ0) is 18.6. The number of carbonyl (C=O) groups is 2. The second-order valence-electron chi connectivity index (χ2n) is 5.73. The van der Waals surface area contributed by atoms with Crippen molar-refractivity contribution in [2.45, 2.75) is 44.1 Å². The van der Waals surface area contributed by atoms with E-state index >= 15 is 0 Å². The van der Waals surface area contributed by atoms with Crippen LogP contribution in [-0.4, -0.2) is 69.6 Å². The number of amides is 1. The molecule has 5 N–H and O–H groups in total. The summed E-state index contributed by atoms with van der Waals surface area (Å²) in [5.74, 6) is -1.29. The molecule has 1 heterocycles. The third-order valence-electron chi connectivity index (χ3n) is 3.78. The van der Waals surface area contributed by atoms with Crippen molar-refractivity contribution in [3.05, 3.63) is 29.8 Å². The molecular weight excluding hydrogens is 334 g/mol. The number of hydrogen-bond donors (Lipinski definition) is 5. The van der Waals surface area contributed by atoms with Gasteiger partial charge in [-0.3, -0.25) is 4.79 Å². The van der Waals surface area contributed by atoms with Gasteiger partial charge in [0.15, 0.2) is 6.10 Å². The first-order chi connectivity index (χ1) is 11.8. The minimum absolute atomic E-state index is 0.114. The van der Waals surface area contributed by atoms with Crippen LogP contribution < -0.4 is 10.1 Å². The highest BCUT2D eigenvalue weighted by Gasteiger charge is 2.48. The fraction of sp³-hybridized carbons (Fsp3) is 0.500. The number of ether oxygens (including phenoxy) is 2. The third kappa shape index (κ3) is 4.89. The van der Waals surface area contributed by atoms with Gasteiger partial charge in [0.2, 0.25) is 12.2 Å². The lowest BCUT2D eigenvalue weighted by atomic mass is 9.99. The molecule has 0 spiro atoms. The monoisotopic (exact) mass is 355 g/mol. The van der Waals surface area contributed by atoms with Crippen LogP contribution in [0.4, 0.5) is 0 Å². The molecule has 1 fully saturated rings. The van der Waals surface area contributed by atoms with Gasteiger partial charge in [-0.2, -0.15) is 0 Å². The van der Waals surface area contributed by atoms with E-state index in [0.29, 0.717) is 18.7 Å². The van der Waals surface area contributed by atoms with Crippen LogP contribution in [0.2, 0.25) is 0 Å². The highest BCUT2D eigenvalue weighted by atomic mass is 16.7. The highest BCUT2D eigenvalue weighted by molar-refractivity contribution is 5.73. The maximum atomic E-state index is 11.0. The van der Waals surface area contributed by atoms with Crippen LogP contribution >= 0.6 is 0 Å². The lowest BCUT2D eigenvalue weighted by Crippen LogP contribution is -2.61. The summed E-state index contributed by atoms with van der Waals surface area (Å²) in [6, 6.07) is 6.66. The molecule has 0 aliphatic carbocycles. The largest absolute Gasteiger partial charge is 0.479 e. The standard InChI is InChI=1S/C16H21NO8/c1-8(18)17-7-6-9-2-4-10(5-3-9)24-16-13(21)11(19)12(20)14(25-16)15(22)23/h2-5,11-14,16,19-21H,6-7H2,1H3,(H,17,18)(H,22,23)/t11-,12-,13+,14-,16+/m0/s1. The van der Waals surface area contributed by atoms with Crippen LogP contribution in [-0.2, 0) is 20.7 Å². The van der Waals surface area contributed by atoms with E-state index < -0.39 is 36.7 Å². The number of carboxylic acids is 1. The second-order valence-corrected chi connectivity index (χ2v) is 5.73. The fourth-order valence-electron chi connectivity index (χ4n) is 2.40. The minimum Gasteiger partial charge on any atom is -0.479 e. The van der Waals surface area contributed by atoms with Gasteiger partial charge in [-0.25, -0.2) is 4.79 Å². The van der Waals surface area contributed by atoms with E-state index in [9.17, 15) is 24.9 Å².